The monoisotopic (exact) mass is 249 g/mol. The van der Waals surface area contributed by atoms with E-state index in [1.165, 1.54) is 0 Å². The Morgan fingerprint density at radius 2 is 2.22 bits per heavy atom. The Morgan fingerprint density at radius 3 is 2.78 bits per heavy atom. The van der Waals surface area contributed by atoms with E-state index in [1.807, 2.05) is 19.1 Å². The van der Waals surface area contributed by atoms with Crippen LogP contribution < -0.4 is 10.1 Å². The fourth-order valence-corrected chi connectivity index (χ4v) is 1.40. The van der Waals surface area contributed by atoms with Crippen molar-refractivity contribution in [3.63, 3.8) is 0 Å². The van der Waals surface area contributed by atoms with Crippen LogP contribution in [0, 0.1) is 6.92 Å². The topological polar surface area (TPSA) is 47.6 Å². The zero-order valence-electron chi connectivity index (χ0n) is 11.0. The molecule has 0 heterocycles. The number of rotatable bonds is 5. The van der Waals surface area contributed by atoms with Crippen molar-refractivity contribution < 1.29 is 14.3 Å². The number of nitrogens with one attached hydrogen (secondary N) is 1. The van der Waals surface area contributed by atoms with E-state index in [1.54, 1.807) is 26.0 Å². The van der Waals surface area contributed by atoms with Gasteiger partial charge in [0.05, 0.1) is 6.10 Å². The molecule has 4 nitrogen and oxygen atoms in total. The average Bonchev–Trinajstić information content (AvgIpc) is 2.26. The van der Waals surface area contributed by atoms with Crippen LogP contribution in [0.3, 0.4) is 0 Å². The fraction of sp³-hybridized carbons (Fsp3) is 0.357. The van der Waals surface area contributed by atoms with Crippen molar-refractivity contribution in [3.8, 4) is 5.75 Å². The van der Waals surface area contributed by atoms with Crippen LogP contribution in [0.4, 0.5) is 10.5 Å². The maximum absolute atomic E-state index is 11.4. The lowest BCUT2D eigenvalue weighted by molar-refractivity contribution is 0.130. The molecule has 0 unspecified atom stereocenters. The molecule has 0 aliphatic carbocycles. The van der Waals surface area contributed by atoms with Gasteiger partial charge in [-0.1, -0.05) is 12.7 Å². The normalized spacial score (nSPS) is 10.0. The number of amides is 1. The first kappa shape index (κ1) is 14.1. The molecule has 0 bridgehead atoms. The molecule has 1 amide bonds. The van der Waals surface area contributed by atoms with Gasteiger partial charge in [-0.15, -0.1) is 0 Å². The highest BCUT2D eigenvalue weighted by Crippen LogP contribution is 2.22. The van der Waals surface area contributed by atoms with Crippen molar-refractivity contribution >= 4 is 11.8 Å². The number of anilines is 1. The second kappa shape index (κ2) is 6.69. The third kappa shape index (κ3) is 4.49. The molecule has 0 radical (unpaired) electrons. The molecule has 1 rings (SSSR count). The van der Waals surface area contributed by atoms with Crippen molar-refractivity contribution in [2.45, 2.75) is 26.9 Å². The predicted molar refractivity (Wildman–Crippen MR) is 72.1 cm³/mol. The quantitative estimate of drug-likeness (QED) is 0.812. The van der Waals surface area contributed by atoms with Crippen LogP contribution in [0.1, 0.15) is 19.4 Å². The van der Waals surface area contributed by atoms with Crippen LogP contribution in [-0.2, 0) is 4.74 Å². The van der Waals surface area contributed by atoms with Gasteiger partial charge < -0.3 is 9.47 Å². The van der Waals surface area contributed by atoms with E-state index in [0.29, 0.717) is 12.3 Å². The predicted octanol–water partition coefficient (Wildman–Crippen LogP) is 3.52. The molecule has 1 N–H and O–H groups in total. The Bertz CT molecular complexity index is 427. The van der Waals surface area contributed by atoms with Crippen molar-refractivity contribution in [1.29, 1.82) is 0 Å². The molecular formula is C14H19NO3. The number of aryl methyl sites for hydroxylation is 1. The summed E-state index contributed by atoms with van der Waals surface area (Å²) in [6.07, 6.45) is 1.09. The molecule has 0 atom stereocenters. The number of benzene rings is 1. The lowest BCUT2D eigenvalue weighted by Crippen LogP contribution is -2.18. The summed E-state index contributed by atoms with van der Waals surface area (Å²) in [4.78, 5) is 11.4. The van der Waals surface area contributed by atoms with Crippen LogP contribution in [0.15, 0.2) is 30.9 Å². The van der Waals surface area contributed by atoms with Gasteiger partial charge in [0.2, 0.25) is 0 Å². The number of carbonyl (C=O) groups is 1. The van der Waals surface area contributed by atoms with Gasteiger partial charge in [-0.05, 0) is 44.5 Å². The maximum atomic E-state index is 11.4. The van der Waals surface area contributed by atoms with Gasteiger partial charge in [0.1, 0.15) is 12.4 Å². The van der Waals surface area contributed by atoms with Gasteiger partial charge in [0, 0.05) is 5.69 Å². The first-order chi connectivity index (χ1) is 8.52. The summed E-state index contributed by atoms with van der Waals surface area (Å²) in [7, 11) is 0. The van der Waals surface area contributed by atoms with E-state index in [4.69, 9.17) is 9.47 Å². The molecule has 0 saturated carbocycles. The second-order valence-electron chi connectivity index (χ2n) is 4.16. The second-order valence-corrected chi connectivity index (χ2v) is 4.16. The van der Waals surface area contributed by atoms with Gasteiger partial charge in [0.15, 0.2) is 0 Å². The Labute approximate surface area is 108 Å². The Kier molecular flexibility index (Phi) is 5.24. The van der Waals surface area contributed by atoms with Crippen LogP contribution >= 0.6 is 0 Å². The molecule has 1 aromatic rings. The molecule has 18 heavy (non-hydrogen) atoms. The standard InChI is InChI=1S/C14H19NO3/c1-5-8-17-13-7-6-12(9-11(13)4)15-14(16)18-10(2)3/h5-7,9-10H,1,8H2,2-4H3,(H,15,16). The number of hydrogen-bond donors (Lipinski definition) is 1. The van der Waals surface area contributed by atoms with E-state index in [0.717, 1.165) is 11.3 Å². The van der Waals surface area contributed by atoms with Crippen molar-refractivity contribution in [1.82, 2.24) is 0 Å². The van der Waals surface area contributed by atoms with Gasteiger partial charge in [0.25, 0.3) is 0 Å². The molecular weight excluding hydrogens is 230 g/mol. The Hall–Kier alpha value is -1.97. The third-order valence-corrected chi connectivity index (χ3v) is 2.12. The van der Waals surface area contributed by atoms with Gasteiger partial charge in [-0.2, -0.15) is 0 Å². The maximum Gasteiger partial charge on any atom is 0.411 e. The lowest BCUT2D eigenvalue weighted by Gasteiger charge is -2.12. The lowest BCUT2D eigenvalue weighted by atomic mass is 10.2. The van der Waals surface area contributed by atoms with Gasteiger partial charge in [-0.3, -0.25) is 5.32 Å². The number of ether oxygens (including phenoxy) is 2. The SMILES string of the molecule is C=CCOc1ccc(NC(=O)OC(C)C)cc1C. The van der Waals surface area contributed by atoms with Crippen LogP contribution in [0.25, 0.3) is 0 Å². The minimum atomic E-state index is -0.454. The Morgan fingerprint density at radius 1 is 1.50 bits per heavy atom. The molecule has 0 aromatic heterocycles. The zero-order valence-corrected chi connectivity index (χ0v) is 11.0. The summed E-state index contributed by atoms with van der Waals surface area (Å²) < 4.78 is 10.4. The molecule has 4 heteroatoms. The summed E-state index contributed by atoms with van der Waals surface area (Å²) in [6.45, 7) is 9.57. The number of carbonyl (C=O) groups excluding carboxylic acids is 1. The highest BCUT2D eigenvalue weighted by atomic mass is 16.6. The highest BCUT2D eigenvalue weighted by Gasteiger charge is 2.07. The molecule has 98 valence electrons. The van der Waals surface area contributed by atoms with Crippen LogP contribution in [0.5, 0.6) is 5.75 Å². The number of hydrogen-bond acceptors (Lipinski definition) is 3. The van der Waals surface area contributed by atoms with E-state index in [2.05, 4.69) is 11.9 Å². The summed E-state index contributed by atoms with van der Waals surface area (Å²) in [5.74, 6) is 0.776. The summed E-state index contributed by atoms with van der Waals surface area (Å²) in [5, 5.41) is 2.66. The van der Waals surface area contributed by atoms with Crippen molar-refractivity contribution in [3.05, 3.63) is 36.4 Å². The average molecular weight is 249 g/mol. The van der Waals surface area contributed by atoms with E-state index in [9.17, 15) is 4.79 Å². The largest absolute Gasteiger partial charge is 0.489 e. The molecule has 0 aliphatic heterocycles. The zero-order chi connectivity index (χ0) is 13.5. The highest BCUT2D eigenvalue weighted by molar-refractivity contribution is 5.84. The van der Waals surface area contributed by atoms with Gasteiger partial charge >= 0.3 is 6.09 Å². The smallest absolute Gasteiger partial charge is 0.411 e. The van der Waals surface area contributed by atoms with Crippen LogP contribution in [-0.4, -0.2) is 18.8 Å². The Balaban J connectivity index is 2.66. The first-order valence-electron chi connectivity index (χ1n) is 5.85. The van der Waals surface area contributed by atoms with Gasteiger partial charge in [-0.25, -0.2) is 4.79 Å². The van der Waals surface area contributed by atoms with Crippen molar-refractivity contribution in [2.75, 3.05) is 11.9 Å². The molecule has 0 saturated heterocycles. The minimum absolute atomic E-state index is 0.138. The summed E-state index contributed by atoms with van der Waals surface area (Å²) in [5.41, 5.74) is 1.63. The summed E-state index contributed by atoms with van der Waals surface area (Å²) >= 11 is 0. The molecule has 1 aromatic carbocycles. The van der Waals surface area contributed by atoms with E-state index >= 15 is 0 Å². The summed E-state index contributed by atoms with van der Waals surface area (Å²) in [6, 6.07) is 5.41. The van der Waals surface area contributed by atoms with Crippen molar-refractivity contribution in [2.24, 2.45) is 0 Å². The molecule has 0 fully saturated rings. The minimum Gasteiger partial charge on any atom is -0.489 e. The van der Waals surface area contributed by atoms with E-state index < -0.39 is 6.09 Å². The first-order valence-corrected chi connectivity index (χ1v) is 5.85. The third-order valence-electron chi connectivity index (χ3n) is 2.12. The fourth-order valence-electron chi connectivity index (χ4n) is 1.40. The molecule has 0 spiro atoms. The molecule has 0 aliphatic rings. The van der Waals surface area contributed by atoms with Crippen LogP contribution in [0.2, 0.25) is 0 Å². The van der Waals surface area contributed by atoms with E-state index in [-0.39, 0.29) is 6.10 Å².